The number of benzene rings is 1. The van der Waals surface area contributed by atoms with Crippen LogP contribution in [-0.4, -0.2) is 16.7 Å². The second-order valence-electron chi connectivity index (χ2n) is 5.55. The van der Waals surface area contributed by atoms with Crippen LogP contribution in [0.5, 0.6) is 5.75 Å². The van der Waals surface area contributed by atoms with Gasteiger partial charge in [0.05, 0.1) is 18.1 Å². The molecule has 0 aliphatic carbocycles. The van der Waals surface area contributed by atoms with Gasteiger partial charge in [0.25, 0.3) is 0 Å². The fraction of sp³-hybridized carbons (Fsp3) is 0.467. The van der Waals surface area contributed by atoms with Gasteiger partial charge < -0.3 is 15.0 Å². The molecule has 0 bridgehead atoms. The summed E-state index contributed by atoms with van der Waals surface area (Å²) in [6, 6.07) is 8.05. The van der Waals surface area contributed by atoms with Crippen molar-refractivity contribution in [3.8, 4) is 5.75 Å². The summed E-state index contributed by atoms with van der Waals surface area (Å²) in [5.41, 5.74) is 6.74. The van der Waals surface area contributed by atoms with Gasteiger partial charge >= 0.3 is 0 Å². The number of para-hydroxylation sites is 1. The summed E-state index contributed by atoms with van der Waals surface area (Å²) in [5.74, 6) is 2.24. The molecule has 5 nitrogen and oxygen atoms in total. The largest absolute Gasteiger partial charge is 0.493 e. The van der Waals surface area contributed by atoms with Gasteiger partial charge in [0.15, 0.2) is 5.82 Å². The highest BCUT2D eigenvalue weighted by Crippen LogP contribution is 2.31. The molecule has 2 atom stereocenters. The number of ether oxygens (including phenoxy) is 1. The summed E-state index contributed by atoms with van der Waals surface area (Å²) in [6.07, 6.45) is 1.61. The number of nitrogens with two attached hydrogens (primary N) is 1. The monoisotopic (exact) mass is 273 g/mol. The van der Waals surface area contributed by atoms with Gasteiger partial charge in [0.1, 0.15) is 5.75 Å². The Labute approximate surface area is 118 Å². The van der Waals surface area contributed by atoms with E-state index in [1.165, 1.54) is 5.56 Å². The molecule has 0 saturated heterocycles. The van der Waals surface area contributed by atoms with E-state index in [-0.39, 0.29) is 5.92 Å². The van der Waals surface area contributed by atoms with E-state index >= 15 is 0 Å². The minimum atomic E-state index is -0.571. The molecule has 2 N–H and O–H groups in total. The van der Waals surface area contributed by atoms with Crippen molar-refractivity contribution < 1.29 is 9.26 Å². The Morgan fingerprint density at radius 1 is 1.40 bits per heavy atom. The van der Waals surface area contributed by atoms with Crippen molar-refractivity contribution >= 4 is 0 Å². The molecule has 1 aromatic heterocycles. The number of rotatable bonds is 3. The highest BCUT2D eigenvalue weighted by molar-refractivity contribution is 5.36. The second-order valence-corrected chi connectivity index (χ2v) is 5.55. The zero-order valence-corrected chi connectivity index (χ0v) is 11.8. The number of nitrogens with zero attached hydrogens (tertiary/aromatic N) is 2. The van der Waals surface area contributed by atoms with E-state index in [4.69, 9.17) is 15.0 Å². The molecule has 2 heterocycles. The third-order valence-electron chi connectivity index (χ3n) is 3.91. The molecular weight excluding hydrogens is 254 g/mol. The Kier molecular flexibility index (Phi) is 3.22. The number of aromatic nitrogens is 2. The van der Waals surface area contributed by atoms with Gasteiger partial charge in [-0.3, -0.25) is 0 Å². The Hall–Kier alpha value is -1.88. The second kappa shape index (κ2) is 4.90. The van der Waals surface area contributed by atoms with Gasteiger partial charge in [-0.1, -0.05) is 30.3 Å². The van der Waals surface area contributed by atoms with Crippen molar-refractivity contribution in [3.63, 3.8) is 0 Å². The van der Waals surface area contributed by atoms with E-state index in [0.29, 0.717) is 18.3 Å². The highest BCUT2D eigenvalue weighted by atomic mass is 16.5. The van der Waals surface area contributed by atoms with E-state index in [0.717, 1.165) is 18.6 Å². The molecule has 1 aliphatic heterocycles. The van der Waals surface area contributed by atoms with Crippen molar-refractivity contribution in [2.75, 3.05) is 6.61 Å². The topological polar surface area (TPSA) is 74.2 Å². The Morgan fingerprint density at radius 3 is 3.00 bits per heavy atom. The Bertz CT molecular complexity index is 607. The zero-order valence-electron chi connectivity index (χ0n) is 11.8. The standard InChI is InChI=1S/C15H19N3O2/c1-3-15(2,16)14-17-13(18-20-14)11-8-10-6-4-5-7-12(10)19-9-11/h4-7,11H,3,8-9,16H2,1-2H3. The predicted octanol–water partition coefficient (Wildman–Crippen LogP) is 2.37. The van der Waals surface area contributed by atoms with Crippen LogP contribution in [0.4, 0.5) is 0 Å². The maximum Gasteiger partial charge on any atom is 0.246 e. The van der Waals surface area contributed by atoms with Gasteiger partial charge in [-0.25, -0.2) is 0 Å². The van der Waals surface area contributed by atoms with E-state index in [9.17, 15) is 0 Å². The van der Waals surface area contributed by atoms with Crippen molar-refractivity contribution in [2.24, 2.45) is 5.73 Å². The van der Waals surface area contributed by atoms with Crippen LogP contribution >= 0.6 is 0 Å². The summed E-state index contributed by atoms with van der Waals surface area (Å²) < 4.78 is 11.1. The molecule has 0 fully saturated rings. The molecule has 0 amide bonds. The lowest BCUT2D eigenvalue weighted by atomic mass is 9.96. The van der Waals surface area contributed by atoms with Crippen LogP contribution in [0.15, 0.2) is 28.8 Å². The molecule has 1 aliphatic rings. The predicted molar refractivity (Wildman–Crippen MR) is 74.5 cm³/mol. The van der Waals surface area contributed by atoms with Gasteiger partial charge in [-0.15, -0.1) is 0 Å². The number of hydrogen-bond donors (Lipinski definition) is 1. The summed E-state index contributed by atoms with van der Waals surface area (Å²) in [7, 11) is 0. The van der Waals surface area contributed by atoms with Gasteiger partial charge in [-0.05, 0) is 31.4 Å². The molecule has 2 aromatic rings. The zero-order chi connectivity index (χ0) is 14.2. The molecule has 0 spiro atoms. The van der Waals surface area contributed by atoms with Crippen LogP contribution in [0, 0.1) is 0 Å². The van der Waals surface area contributed by atoms with Crippen molar-refractivity contribution in [2.45, 2.75) is 38.1 Å². The van der Waals surface area contributed by atoms with Crippen molar-refractivity contribution in [3.05, 3.63) is 41.5 Å². The fourth-order valence-electron chi connectivity index (χ4n) is 2.28. The third kappa shape index (κ3) is 2.29. The molecule has 0 radical (unpaired) electrons. The first kappa shape index (κ1) is 13.1. The van der Waals surface area contributed by atoms with Gasteiger partial charge in [-0.2, -0.15) is 4.98 Å². The Balaban J connectivity index is 1.82. The molecule has 1 aromatic carbocycles. The maximum absolute atomic E-state index is 6.13. The quantitative estimate of drug-likeness (QED) is 0.929. The Morgan fingerprint density at radius 2 is 2.20 bits per heavy atom. The van der Waals surface area contributed by atoms with Gasteiger partial charge in [0.2, 0.25) is 5.89 Å². The summed E-state index contributed by atoms with van der Waals surface area (Å²) >= 11 is 0. The first-order valence-electron chi connectivity index (χ1n) is 6.94. The van der Waals surface area contributed by atoms with E-state index < -0.39 is 5.54 Å². The average Bonchev–Trinajstić information content (AvgIpc) is 2.97. The lowest BCUT2D eigenvalue weighted by Crippen LogP contribution is -2.32. The lowest BCUT2D eigenvalue weighted by molar-refractivity contribution is 0.251. The van der Waals surface area contributed by atoms with E-state index in [1.54, 1.807) is 0 Å². The van der Waals surface area contributed by atoms with Crippen molar-refractivity contribution in [1.29, 1.82) is 0 Å². The summed E-state index contributed by atoms with van der Waals surface area (Å²) in [4.78, 5) is 4.47. The van der Waals surface area contributed by atoms with Crippen LogP contribution in [0.25, 0.3) is 0 Å². The lowest BCUT2D eigenvalue weighted by Gasteiger charge is -2.23. The normalized spacial score (nSPS) is 20.9. The van der Waals surface area contributed by atoms with Crippen LogP contribution in [0.1, 0.15) is 43.5 Å². The molecule has 106 valence electrons. The minimum Gasteiger partial charge on any atom is -0.493 e. The maximum atomic E-state index is 6.13. The first-order valence-corrected chi connectivity index (χ1v) is 6.94. The highest BCUT2D eigenvalue weighted by Gasteiger charge is 2.30. The van der Waals surface area contributed by atoms with Crippen molar-refractivity contribution in [1.82, 2.24) is 10.1 Å². The van der Waals surface area contributed by atoms with E-state index in [1.807, 2.05) is 32.0 Å². The third-order valence-corrected chi connectivity index (χ3v) is 3.91. The van der Waals surface area contributed by atoms with Crippen LogP contribution in [0.3, 0.4) is 0 Å². The summed E-state index contributed by atoms with van der Waals surface area (Å²) in [5, 5.41) is 4.08. The van der Waals surface area contributed by atoms with Crippen LogP contribution < -0.4 is 10.5 Å². The molecule has 20 heavy (non-hydrogen) atoms. The SMILES string of the molecule is CCC(C)(N)c1nc(C2COc3ccccc3C2)no1. The number of fused-ring (bicyclic) bond motifs is 1. The fourth-order valence-corrected chi connectivity index (χ4v) is 2.28. The van der Waals surface area contributed by atoms with Crippen LogP contribution in [-0.2, 0) is 12.0 Å². The minimum absolute atomic E-state index is 0.120. The molecule has 3 rings (SSSR count). The number of hydrogen-bond acceptors (Lipinski definition) is 5. The molecule has 5 heteroatoms. The smallest absolute Gasteiger partial charge is 0.246 e. The summed E-state index contributed by atoms with van der Waals surface area (Å²) in [6.45, 7) is 4.48. The molecule has 2 unspecified atom stereocenters. The van der Waals surface area contributed by atoms with E-state index in [2.05, 4.69) is 16.2 Å². The van der Waals surface area contributed by atoms with Crippen LogP contribution in [0.2, 0.25) is 0 Å². The molecular formula is C15H19N3O2. The van der Waals surface area contributed by atoms with Gasteiger partial charge in [0, 0.05) is 0 Å². The molecule has 0 saturated carbocycles. The first-order chi connectivity index (χ1) is 9.60. The average molecular weight is 273 g/mol.